The fourth-order valence-corrected chi connectivity index (χ4v) is 11.7. The Morgan fingerprint density at radius 3 is 1.37 bits per heavy atom. The van der Waals surface area contributed by atoms with Gasteiger partial charge in [-0.1, -0.05) is 200 Å². The third-order valence-corrected chi connectivity index (χ3v) is 15.4. The summed E-state index contributed by atoms with van der Waals surface area (Å²) in [5.74, 6) is 0. The van der Waals surface area contributed by atoms with E-state index in [4.69, 9.17) is 4.42 Å². The van der Waals surface area contributed by atoms with Gasteiger partial charge in [-0.15, -0.1) is 0 Å². The number of para-hydroxylation sites is 2. The number of furan rings is 1. The molecule has 3 nitrogen and oxygen atoms in total. The van der Waals surface area contributed by atoms with Crippen LogP contribution in [0.3, 0.4) is 0 Å². The third kappa shape index (κ3) is 7.20. The first-order valence-electron chi connectivity index (χ1n) is 25.7. The summed E-state index contributed by atoms with van der Waals surface area (Å²) in [7, 11) is 0. The highest BCUT2D eigenvalue weighted by molar-refractivity contribution is 6.19. The Labute approximate surface area is 434 Å². The normalized spacial score (nSPS) is 11.7. The molecule has 13 aromatic carbocycles. The molecule has 15 rings (SSSR count). The van der Waals surface area contributed by atoms with Gasteiger partial charge in [-0.05, 0) is 150 Å². The second kappa shape index (κ2) is 17.4. The van der Waals surface area contributed by atoms with Crippen molar-refractivity contribution in [2.45, 2.75) is 0 Å². The first-order chi connectivity index (χ1) is 37.2. The van der Waals surface area contributed by atoms with E-state index in [0.29, 0.717) is 0 Å². The molecule has 2 aromatic heterocycles. The lowest BCUT2D eigenvalue weighted by atomic mass is 9.96. The lowest BCUT2D eigenvalue weighted by molar-refractivity contribution is 0.673. The predicted octanol–water partition coefficient (Wildman–Crippen LogP) is 20.3. The Balaban J connectivity index is 0.786. The van der Waals surface area contributed by atoms with E-state index >= 15 is 0 Å². The maximum atomic E-state index is 6.59. The molecular formula is C72H46N2O. The van der Waals surface area contributed by atoms with E-state index in [1.54, 1.807) is 0 Å². The first-order valence-corrected chi connectivity index (χ1v) is 25.7. The molecule has 0 saturated heterocycles. The second-order valence-electron chi connectivity index (χ2n) is 19.6. The fraction of sp³-hybridized carbons (Fsp3) is 0. The summed E-state index contributed by atoms with van der Waals surface area (Å²) in [5, 5.41) is 12.2. The molecule has 0 atom stereocenters. The van der Waals surface area contributed by atoms with Crippen LogP contribution in [-0.2, 0) is 0 Å². The minimum absolute atomic E-state index is 0.891. The van der Waals surface area contributed by atoms with Gasteiger partial charge in [0.2, 0.25) is 0 Å². The quantitative estimate of drug-likeness (QED) is 0.142. The van der Waals surface area contributed by atoms with Gasteiger partial charge in [0.25, 0.3) is 0 Å². The fourth-order valence-electron chi connectivity index (χ4n) is 11.7. The molecule has 0 aliphatic rings. The monoisotopic (exact) mass is 954 g/mol. The number of nitrogens with zero attached hydrogens (tertiary/aromatic N) is 2. The van der Waals surface area contributed by atoms with Crippen molar-refractivity contribution < 1.29 is 4.42 Å². The molecule has 0 unspecified atom stereocenters. The summed E-state index contributed by atoms with van der Waals surface area (Å²) in [6.45, 7) is 0. The Morgan fingerprint density at radius 1 is 0.280 bits per heavy atom. The van der Waals surface area contributed by atoms with Gasteiger partial charge >= 0.3 is 0 Å². The van der Waals surface area contributed by atoms with Crippen LogP contribution in [0.25, 0.3) is 126 Å². The molecule has 0 bridgehead atoms. The molecule has 3 heteroatoms. The lowest BCUT2D eigenvalue weighted by Gasteiger charge is -2.26. The zero-order valence-electron chi connectivity index (χ0n) is 40.9. The molecule has 2 heterocycles. The smallest absolute Gasteiger partial charge is 0.143 e. The van der Waals surface area contributed by atoms with Crippen molar-refractivity contribution in [3.8, 4) is 50.2 Å². The molecule has 0 spiro atoms. The molecule has 0 aliphatic carbocycles. The summed E-state index contributed by atoms with van der Waals surface area (Å²) in [6.07, 6.45) is 0. The Bertz CT molecular complexity index is 4620. The number of hydrogen-bond donors (Lipinski definition) is 0. The molecule has 0 amide bonds. The van der Waals surface area contributed by atoms with Gasteiger partial charge in [0, 0.05) is 49.7 Å². The molecule has 0 fully saturated rings. The van der Waals surface area contributed by atoms with Gasteiger partial charge < -0.3 is 13.9 Å². The third-order valence-electron chi connectivity index (χ3n) is 15.4. The average Bonchev–Trinajstić information content (AvgIpc) is 4.08. The summed E-state index contributed by atoms with van der Waals surface area (Å²) in [4.78, 5) is 2.36. The Hall–Kier alpha value is -9.96. The van der Waals surface area contributed by atoms with Crippen LogP contribution in [0.4, 0.5) is 17.1 Å². The van der Waals surface area contributed by atoms with Gasteiger partial charge in [0.1, 0.15) is 11.2 Å². The summed E-state index contributed by atoms with van der Waals surface area (Å²) in [6, 6.07) is 101. The largest absolute Gasteiger partial charge is 0.455 e. The zero-order chi connectivity index (χ0) is 49.4. The standard InChI is InChI=1S/C72H46N2O/c1-3-15-61-51(11-1)27-28-54-29-30-56(46-67(54)61)49-25-23-47(24-26-49)48-31-38-57(39-32-48)73(59-42-35-53(36-43-59)62-19-10-22-70-71(62)66-44-37-52-12-2-4-16-63(52)72(66)75-70)58-40-33-50(34-41-58)55-13-9-14-60(45-55)74-68-20-7-5-17-64(68)65-18-6-8-21-69(65)74/h1-46H. The number of aromatic nitrogens is 1. The number of benzene rings is 13. The van der Waals surface area contributed by atoms with Gasteiger partial charge in [-0.25, -0.2) is 0 Å². The lowest BCUT2D eigenvalue weighted by Crippen LogP contribution is -2.09. The average molecular weight is 955 g/mol. The molecule has 0 saturated carbocycles. The van der Waals surface area contributed by atoms with E-state index in [0.717, 1.165) is 77.9 Å². The first kappa shape index (κ1) is 42.7. The van der Waals surface area contributed by atoms with Crippen LogP contribution in [0.2, 0.25) is 0 Å². The van der Waals surface area contributed by atoms with Gasteiger partial charge in [0.15, 0.2) is 0 Å². The number of hydrogen-bond acceptors (Lipinski definition) is 2. The van der Waals surface area contributed by atoms with E-state index in [9.17, 15) is 0 Å². The highest BCUT2D eigenvalue weighted by Gasteiger charge is 2.18. The second-order valence-corrected chi connectivity index (χ2v) is 19.6. The van der Waals surface area contributed by atoms with Crippen molar-refractivity contribution in [2.75, 3.05) is 4.90 Å². The van der Waals surface area contributed by atoms with Crippen LogP contribution in [0.15, 0.2) is 283 Å². The Morgan fingerprint density at radius 2 is 0.733 bits per heavy atom. The van der Waals surface area contributed by atoms with Crippen LogP contribution >= 0.6 is 0 Å². The van der Waals surface area contributed by atoms with Crippen molar-refractivity contribution in [3.05, 3.63) is 279 Å². The number of fused-ring (bicyclic) bond motifs is 11. The molecule has 0 radical (unpaired) electrons. The minimum Gasteiger partial charge on any atom is -0.455 e. The predicted molar refractivity (Wildman–Crippen MR) is 317 cm³/mol. The SMILES string of the molecule is c1cc(-c2ccc(N(c3ccc(-c4ccc(-c5ccc6ccc7ccccc7c6c5)cc4)cc3)c3ccc(-c4cccc5oc6c7ccccc7ccc6c45)cc3)cc2)cc(-n2c3ccccc3c3ccccc32)c1. The van der Waals surface area contributed by atoms with E-state index < -0.39 is 0 Å². The minimum atomic E-state index is 0.891. The van der Waals surface area contributed by atoms with Crippen molar-refractivity contribution in [2.24, 2.45) is 0 Å². The van der Waals surface area contributed by atoms with Crippen LogP contribution < -0.4 is 4.90 Å². The van der Waals surface area contributed by atoms with E-state index in [1.165, 1.54) is 65.4 Å². The summed E-state index contributed by atoms with van der Waals surface area (Å²) < 4.78 is 8.98. The van der Waals surface area contributed by atoms with E-state index in [1.807, 2.05) is 0 Å². The maximum Gasteiger partial charge on any atom is 0.143 e. The molecular weight excluding hydrogens is 909 g/mol. The van der Waals surface area contributed by atoms with E-state index in [2.05, 4.69) is 289 Å². The number of anilines is 3. The molecule has 350 valence electrons. The van der Waals surface area contributed by atoms with Gasteiger partial charge in [-0.3, -0.25) is 0 Å². The van der Waals surface area contributed by atoms with Crippen molar-refractivity contribution >= 4 is 93.1 Å². The summed E-state index contributed by atoms with van der Waals surface area (Å²) in [5.41, 5.74) is 17.9. The van der Waals surface area contributed by atoms with Gasteiger partial charge in [0.05, 0.1) is 11.0 Å². The highest BCUT2D eigenvalue weighted by atomic mass is 16.3. The highest BCUT2D eigenvalue weighted by Crippen LogP contribution is 2.43. The van der Waals surface area contributed by atoms with Crippen molar-refractivity contribution in [1.29, 1.82) is 0 Å². The Kier molecular flexibility index (Phi) is 9.89. The topological polar surface area (TPSA) is 21.3 Å². The van der Waals surface area contributed by atoms with Gasteiger partial charge in [-0.2, -0.15) is 0 Å². The number of rotatable bonds is 8. The van der Waals surface area contributed by atoms with Crippen LogP contribution in [-0.4, -0.2) is 4.57 Å². The maximum absolute atomic E-state index is 6.59. The molecule has 15 aromatic rings. The van der Waals surface area contributed by atoms with Crippen molar-refractivity contribution in [3.63, 3.8) is 0 Å². The van der Waals surface area contributed by atoms with Crippen molar-refractivity contribution in [1.82, 2.24) is 4.57 Å². The van der Waals surface area contributed by atoms with Crippen LogP contribution in [0.5, 0.6) is 0 Å². The molecule has 75 heavy (non-hydrogen) atoms. The van der Waals surface area contributed by atoms with Crippen LogP contribution in [0.1, 0.15) is 0 Å². The van der Waals surface area contributed by atoms with Crippen LogP contribution in [0, 0.1) is 0 Å². The zero-order valence-corrected chi connectivity index (χ0v) is 40.9. The van der Waals surface area contributed by atoms with E-state index in [-0.39, 0.29) is 0 Å². The molecule has 0 N–H and O–H groups in total. The summed E-state index contributed by atoms with van der Waals surface area (Å²) >= 11 is 0. The molecule has 0 aliphatic heterocycles.